The molecule has 1 aliphatic heterocycles. The number of carbonyl (C=O) groups is 2. The van der Waals surface area contributed by atoms with Crippen molar-refractivity contribution in [3.8, 4) is 5.69 Å². The monoisotopic (exact) mass is 539 g/mol. The molecule has 2 aliphatic rings. The van der Waals surface area contributed by atoms with Crippen molar-refractivity contribution in [1.29, 1.82) is 0 Å². The van der Waals surface area contributed by atoms with E-state index in [0.29, 0.717) is 37.9 Å². The first-order valence-corrected chi connectivity index (χ1v) is 13.5. The Morgan fingerprint density at radius 1 is 1.00 bits per heavy atom. The molecule has 2 aromatic rings. The standard InChI is InChI=1S/C27H41N9O3/c1-27(2,30)24(37)34-10-12-35(13-11-34)25(38)31-23-8-9-36(26(39)32-23)21-6-4-18(5-7-21)17-33(3)22-15-19(28)14-20(29)16-22/h4-9,19-20,22H,10-17,28-30H2,1-3H3,(H,31,32,38,39)/t19-,20?,22-/m0/s1. The second-order valence-corrected chi connectivity index (χ2v) is 11.4. The van der Waals surface area contributed by atoms with Gasteiger partial charge >= 0.3 is 11.7 Å². The molecule has 0 radical (unpaired) electrons. The molecular weight excluding hydrogens is 498 g/mol. The number of urea groups is 1. The lowest BCUT2D eigenvalue weighted by Crippen LogP contribution is -2.58. The molecule has 7 N–H and O–H groups in total. The summed E-state index contributed by atoms with van der Waals surface area (Å²) in [6.07, 6.45) is 4.34. The number of rotatable bonds is 6. The summed E-state index contributed by atoms with van der Waals surface area (Å²) in [6, 6.07) is 9.60. The fourth-order valence-corrected chi connectivity index (χ4v) is 5.29. The predicted octanol–water partition coefficient (Wildman–Crippen LogP) is 0.285. The summed E-state index contributed by atoms with van der Waals surface area (Å²) in [6.45, 7) is 5.62. The third-order valence-corrected chi connectivity index (χ3v) is 7.47. The van der Waals surface area contributed by atoms with E-state index in [4.69, 9.17) is 17.2 Å². The van der Waals surface area contributed by atoms with Crippen LogP contribution in [0.4, 0.5) is 10.6 Å². The van der Waals surface area contributed by atoms with Crippen molar-refractivity contribution in [2.75, 3.05) is 38.5 Å². The largest absolute Gasteiger partial charge is 0.354 e. The van der Waals surface area contributed by atoms with Crippen molar-refractivity contribution in [3.63, 3.8) is 0 Å². The average Bonchev–Trinajstić information content (AvgIpc) is 2.88. The Morgan fingerprint density at radius 2 is 1.59 bits per heavy atom. The van der Waals surface area contributed by atoms with E-state index in [2.05, 4.69) is 22.2 Å². The molecule has 12 nitrogen and oxygen atoms in total. The Labute approximate surface area is 229 Å². The SMILES string of the molecule is CN(Cc1ccc(-n2ccc(NC(=O)N3CCN(C(=O)C(C)(C)N)CC3)nc2=O)cc1)[C@@H]1CC(N)C[C@H](N)C1. The first-order valence-electron chi connectivity index (χ1n) is 13.5. The molecule has 4 rings (SSSR count). The van der Waals surface area contributed by atoms with E-state index in [1.807, 2.05) is 24.3 Å². The highest BCUT2D eigenvalue weighted by Gasteiger charge is 2.31. The van der Waals surface area contributed by atoms with Crippen LogP contribution in [-0.2, 0) is 11.3 Å². The molecule has 3 atom stereocenters. The number of nitrogens with zero attached hydrogens (tertiary/aromatic N) is 5. The topological polar surface area (TPSA) is 169 Å². The Kier molecular flexibility index (Phi) is 8.70. The lowest BCUT2D eigenvalue weighted by Gasteiger charge is -2.37. The number of aromatic nitrogens is 2. The van der Waals surface area contributed by atoms with Crippen LogP contribution in [0, 0.1) is 0 Å². The predicted molar refractivity (Wildman–Crippen MR) is 150 cm³/mol. The van der Waals surface area contributed by atoms with Gasteiger partial charge in [-0.3, -0.25) is 19.6 Å². The van der Waals surface area contributed by atoms with E-state index in [1.54, 1.807) is 35.9 Å². The van der Waals surface area contributed by atoms with Gasteiger partial charge in [-0.2, -0.15) is 4.98 Å². The summed E-state index contributed by atoms with van der Waals surface area (Å²) in [5.74, 6) is 0.0246. The van der Waals surface area contributed by atoms with Crippen molar-refractivity contribution in [1.82, 2.24) is 24.3 Å². The van der Waals surface area contributed by atoms with Gasteiger partial charge in [-0.15, -0.1) is 0 Å². The van der Waals surface area contributed by atoms with Gasteiger partial charge in [0.05, 0.1) is 11.2 Å². The quantitative estimate of drug-likeness (QED) is 0.406. The number of nitrogens with two attached hydrogens (primary N) is 3. The second-order valence-electron chi connectivity index (χ2n) is 11.4. The fourth-order valence-electron chi connectivity index (χ4n) is 5.29. The normalized spacial score (nSPS) is 22.2. The molecule has 12 heteroatoms. The summed E-state index contributed by atoms with van der Waals surface area (Å²) >= 11 is 0. The lowest BCUT2D eigenvalue weighted by molar-refractivity contribution is -0.137. The number of anilines is 1. The molecule has 2 heterocycles. The molecule has 212 valence electrons. The van der Waals surface area contributed by atoms with E-state index >= 15 is 0 Å². The van der Waals surface area contributed by atoms with E-state index < -0.39 is 11.2 Å². The molecule has 1 saturated heterocycles. The molecule has 0 spiro atoms. The van der Waals surface area contributed by atoms with Gasteiger partial charge in [-0.1, -0.05) is 12.1 Å². The van der Waals surface area contributed by atoms with E-state index in [0.717, 1.165) is 31.4 Å². The van der Waals surface area contributed by atoms with Gasteiger partial charge in [0.25, 0.3) is 0 Å². The Bertz CT molecular complexity index is 1210. The first kappa shape index (κ1) is 28.7. The Balaban J connectivity index is 1.32. The summed E-state index contributed by atoms with van der Waals surface area (Å²) in [7, 11) is 2.09. The van der Waals surface area contributed by atoms with Crippen molar-refractivity contribution in [2.45, 2.75) is 63.3 Å². The van der Waals surface area contributed by atoms with Gasteiger partial charge in [0.1, 0.15) is 5.82 Å². The maximum absolute atomic E-state index is 12.7. The van der Waals surface area contributed by atoms with E-state index in [9.17, 15) is 14.4 Å². The summed E-state index contributed by atoms with van der Waals surface area (Å²) in [5, 5.41) is 2.68. The number of hydrogen-bond donors (Lipinski definition) is 4. The minimum atomic E-state index is -0.951. The van der Waals surface area contributed by atoms with E-state index in [1.165, 1.54) is 4.57 Å². The fraction of sp³-hybridized carbons (Fsp3) is 0.556. The molecular formula is C27H41N9O3. The lowest BCUT2D eigenvalue weighted by atomic mass is 9.87. The zero-order valence-electron chi connectivity index (χ0n) is 23.0. The third kappa shape index (κ3) is 7.21. The smallest absolute Gasteiger partial charge is 0.338 e. The number of nitrogens with one attached hydrogen (secondary N) is 1. The molecule has 0 bridgehead atoms. The molecule has 39 heavy (non-hydrogen) atoms. The Hall–Kier alpha value is -3.32. The minimum absolute atomic E-state index is 0.139. The molecule has 3 amide bonds. The van der Waals surface area contributed by atoms with Gasteiger partial charge in [0, 0.05) is 57.0 Å². The highest BCUT2D eigenvalue weighted by Crippen LogP contribution is 2.22. The van der Waals surface area contributed by atoms with E-state index in [-0.39, 0.29) is 29.8 Å². The molecule has 1 aliphatic carbocycles. The average molecular weight is 540 g/mol. The molecule has 1 aromatic heterocycles. The molecule has 1 aromatic carbocycles. The van der Waals surface area contributed by atoms with Crippen LogP contribution in [0.3, 0.4) is 0 Å². The zero-order chi connectivity index (χ0) is 28.3. The Morgan fingerprint density at radius 3 is 2.15 bits per heavy atom. The number of hydrogen-bond acceptors (Lipinski definition) is 8. The summed E-state index contributed by atoms with van der Waals surface area (Å²) in [4.78, 5) is 47.4. The van der Waals surface area contributed by atoms with Crippen molar-refractivity contribution >= 4 is 17.8 Å². The summed E-state index contributed by atoms with van der Waals surface area (Å²) < 4.78 is 1.43. The highest BCUT2D eigenvalue weighted by atomic mass is 16.2. The van der Waals surface area contributed by atoms with Crippen LogP contribution in [0.25, 0.3) is 5.69 Å². The molecule has 1 saturated carbocycles. The van der Waals surface area contributed by atoms with Crippen LogP contribution in [-0.4, -0.2) is 93.1 Å². The number of amides is 3. The number of piperazine rings is 1. The van der Waals surface area contributed by atoms with Crippen molar-refractivity contribution in [2.24, 2.45) is 17.2 Å². The van der Waals surface area contributed by atoms with Crippen LogP contribution in [0.1, 0.15) is 38.7 Å². The van der Waals surface area contributed by atoms with Crippen LogP contribution < -0.4 is 28.2 Å². The van der Waals surface area contributed by atoms with Crippen molar-refractivity contribution < 1.29 is 9.59 Å². The van der Waals surface area contributed by atoms with Gasteiger partial charge in [0.2, 0.25) is 5.91 Å². The summed E-state index contributed by atoms with van der Waals surface area (Å²) in [5.41, 5.74) is 18.6. The molecule has 1 unspecified atom stereocenters. The first-order chi connectivity index (χ1) is 18.4. The van der Waals surface area contributed by atoms with Gasteiger partial charge in [-0.25, -0.2) is 9.59 Å². The van der Waals surface area contributed by atoms with Gasteiger partial charge in [0.15, 0.2) is 0 Å². The number of benzene rings is 1. The molecule has 2 fully saturated rings. The van der Waals surface area contributed by atoms with Crippen LogP contribution in [0.2, 0.25) is 0 Å². The third-order valence-electron chi connectivity index (χ3n) is 7.47. The van der Waals surface area contributed by atoms with Crippen LogP contribution in [0.15, 0.2) is 41.3 Å². The van der Waals surface area contributed by atoms with Crippen LogP contribution >= 0.6 is 0 Å². The minimum Gasteiger partial charge on any atom is -0.338 e. The van der Waals surface area contributed by atoms with Gasteiger partial charge < -0.3 is 27.0 Å². The van der Waals surface area contributed by atoms with Crippen LogP contribution in [0.5, 0.6) is 0 Å². The second kappa shape index (κ2) is 11.8. The maximum Gasteiger partial charge on any atom is 0.354 e. The highest BCUT2D eigenvalue weighted by molar-refractivity contribution is 5.89. The zero-order valence-corrected chi connectivity index (χ0v) is 23.0. The number of carbonyl (C=O) groups excluding carboxylic acids is 2. The van der Waals surface area contributed by atoms with Crippen molar-refractivity contribution in [3.05, 3.63) is 52.6 Å². The van der Waals surface area contributed by atoms with Gasteiger partial charge in [-0.05, 0) is 63.9 Å². The maximum atomic E-state index is 12.7.